The highest BCUT2D eigenvalue weighted by atomic mass is 32.1. The first-order chi connectivity index (χ1) is 17.8. The molecule has 3 aromatic rings. The number of benzene rings is 2. The molecule has 12 heteroatoms. The van der Waals surface area contributed by atoms with Crippen LogP contribution in [-0.2, 0) is 9.53 Å². The lowest BCUT2D eigenvalue weighted by molar-refractivity contribution is -0.123. The topological polar surface area (TPSA) is 170 Å². The molecule has 4 rings (SSSR count). The molecule has 2 heterocycles. The van der Waals surface area contributed by atoms with Gasteiger partial charge < -0.3 is 31.4 Å². The molecule has 1 aromatic heterocycles. The number of anilines is 2. The van der Waals surface area contributed by atoms with Crippen molar-refractivity contribution in [2.45, 2.75) is 25.0 Å². The quantitative estimate of drug-likeness (QED) is 0.329. The summed E-state index contributed by atoms with van der Waals surface area (Å²) in [5.41, 5.74) is 11.7. The molecule has 11 nitrogen and oxygen atoms in total. The Bertz CT molecular complexity index is 1290. The van der Waals surface area contributed by atoms with Crippen molar-refractivity contribution in [3.8, 4) is 11.5 Å². The molecule has 0 bridgehead atoms. The molecule has 1 aliphatic rings. The van der Waals surface area contributed by atoms with Crippen LogP contribution >= 0.6 is 11.5 Å². The summed E-state index contributed by atoms with van der Waals surface area (Å²) in [6, 6.07) is 11.4. The number of hydrogen-bond acceptors (Lipinski definition) is 9. The van der Waals surface area contributed by atoms with Crippen LogP contribution in [0.15, 0.2) is 48.5 Å². The van der Waals surface area contributed by atoms with E-state index >= 15 is 0 Å². The van der Waals surface area contributed by atoms with Crippen molar-refractivity contribution >= 4 is 40.6 Å². The zero-order valence-electron chi connectivity index (χ0n) is 20.0. The summed E-state index contributed by atoms with van der Waals surface area (Å²) >= 11 is 0.710. The van der Waals surface area contributed by atoms with Crippen LogP contribution in [0.25, 0.3) is 0 Å². The van der Waals surface area contributed by atoms with Crippen molar-refractivity contribution in [3.05, 3.63) is 64.7 Å². The van der Waals surface area contributed by atoms with Crippen molar-refractivity contribution in [2.24, 2.45) is 5.73 Å². The molecule has 0 radical (unpaired) electrons. The van der Waals surface area contributed by atoms with Gasteiger partial charge in [0.2, 0.25) is 5.91 Å². The summed E-state index contributed by atoms with van der Waals surface area (Å²) in [5.74, 6) is -1.72. The summed E-state index contributed by atoms with van der Waals surface area (Å²) in [7, 11) is 1.45. The number of primary amides is 1. The summed E-state index contributed by atoms with van der Waals surface area (Å²) < 4.78 is 15.1. The molecule has 6 N–H and O–H groups in total. The minimum Gasteiger partial charge on any atom is -0.508 e. The maximum absolute atomic E-state index is 14.1. The number of nitrogens with one attached hydrogen (secondary N) is 1. The van der Waals surface area contributed by atoms with Crippen LogP contribution in [0, 0.1) is 0 Å². The molecule has 3 amide bonds. The molecular weight excluding hydrogens is 498 g/mol. The van der Waals surface area contributed by atoms with Crippen molar-refractivity contribution in [2.75, 3.05) is 30.9 Å². The van der Waals surface area contributed by atoms with Gasteiger partial charge in [-0.2, -0.15) is 4.37 Å². The molecule has 1 aliphatic heterocycles. The van der Waals surface area contributed by atoms with Gasteiger partial charge in [0.1, 0.15) is 22.4 Å². The Balaban J connectivity index is 1.84. The monoisotopic (exact) mass is 525 g/mol. The van der Waals surface area contributed by atoms with E-state index < -0.39 is 23.8 Å². The van der Waals surface area contributed by atoms with Crippen LogP contribution in [0.5, 0.6) is 11.5 Å². The Kier molecular flexibility index (Phi) is 7.89. The van der Waals surface area contributed by atoms with Crippen LogP contribution in [0.1, 0.15) is 44.6 Å². The van der Waals surface area contributed by atoms with Crippen molar-refractivity contribution in [1.82, 2.24) is 9.69 Å². The van der Waals surface area contributed by atoms with E-state index in [-0.39, 0.29) is 40.3 Å². The fraction of sp³-hybridized carbons (Fsp3) is 0.280. The maximum atomic E-state index is 14.1. The van der Waals surface area contributed by atoms with E-state index in [0.29, 0.717) is 29.5 Å². The van der Waals surface area contributed by atoms with Gasteiger partial charge in [-0.3, -0.25) is 19.3 Å². The normalized spacial score (nSPS) is 15.6. The molecule has 2 aromatic carbocycles. The number of rotatable bonds is 9. The van der Waals surface area contributed by atoms with Crippen LogP contribution < -0.4 is 26.4 Å². The average Bonchev–Trinajstić information content (AvgIpc) is 3.56. The first kappa shape index (κ1) is 25.9. The summed E-state index contributed by atoms with van der Waals surface area (Å²) in [4.78, 5) is 40.8. The Morgan fingerprint density at radius 3 is 2.59 bits per heavy atom. The lowest BCUT2D eigenvalue weighted by atomic mass is 10.0. The van der Waals surface area contributed by atoms with Crippen molar-refractivity contribution in [3.63, 3.8) is 0 Å². The number of ether oxygens (including phenoxy) is 2. The third-order valence-electron chi connectivity index (χ3n) is 5.96. The highest BCUT2D eigenvalue weighted by Crippen LogP contribution is 2.38. The number of phenolic OH excluding ortho intramolecular Hbond substituents is 1. The number of aromatic hydroxyl groups is 1. The number of carbonyl (C=O) groups is 3. The lowest BCUT2D eigenvalue weighted by Crippen LogP contribution is -2.45. The smallest absolute Gasteiger partial charge is 0.273 e. The molecule has 0 saturated carbocycles. The summed E-state index contributed by atoms with van der Waals surface area (Å²) in [5, 5.41) is 12.7. The second kappa shape index (κ2) is 11.3. The Morgan fingerprint density at radius 2 is 1.97 bits per heavy atom. The second-order valence-electron chi connectivity index (χ2n) is 8.36. The highest BCUT2D eigenvalue weighted by Gasteiger charge is 2.37. The van der Waals surface area contributed by atoms with Gasteiger partial charge in [0.15, 0.2) is 5.69 Å². The lowest BCUT2D eigenvalue weighted by Gasteiger charge is -2.32. The number of nitrogen functional groups attached to an aromatic ring is 1. The van der Waals surface area contributed by atoms with E-state index in [2.05, 4.69) is 9.69 Å². The maximum Gasteiger partial charge on any atom is 0.273 e. The molecule has 37 heavy (non-hydrogen) atoms. The summed E-state index contributed by atoms with van der Waals surface area (Å²) in [6.45, 7) is 0.885. The number of nitrogens with two attached hydrogens (primary N) is 2. The molecule has 0 unspecified atom stereocenters. The number of hydrogen-bond donors (Lipinski definition) is 4. The van der Waals surface area contributed by atoms with Gasteiger partial charge in [-0.05, 0) is 54.2 Å². The molecule has 0 spiro atoms. The predicted molar refractivity (Wildman–Crippen MR) is 138 cm³/mol. The van der Waals surface area contributed by atoms with Crippen molar-refractivity contribution in [1.29, 1.82) is 0 Å². The van der Waals surface area contributed by atoms with Crippen molar-refractivity contribution < 1.29 is 29.0 Å². The Morgan fingerprint density at radius 1 is 1.24 bits per heavy atom. The van der Waals surface area contributed by atoms with E-state index in [4.69, 9.17) is 20.9 Å². The first-order valence-corrected chi connectivity index (χ1v) is 12.3. The van der Waals surface area contributed by atoms with Gasteiger partial charge in [-0.15, -0.1) is 0 Å². The SMILES string of the molecule is COc1ccccc1N(C(=O)c1snc(C(N)=O)c1N)[C@@H](C(=O)NC[C@@H]1CCCO1)c1ccc(O)cc1. The third kappa shape index (κ3) is 5.49. The predicted octanol–water partition coefficient (Wildman–Crippen LogP) is 2.22. The van der Waals surface area contributed by atoms with Gasteiger partial charge >= 0.3 is 0 Å². The van der Waals surface area contributed by atoms with Crippen LogP contribution in [0.3, 0.4) is 0 Å². The Labute approximate surface area is 217 Å². The zero-order valence-corrected chi connectivity index (χ0v) is 20.9. The molecule has 1 saturated heterocycles. The van der Waals surface area contributed by atoms with Gasteiger partial charge in [-0.25, -0.2) is 0 Å². The van der Waals surface area contributed by atoms with Gasteiger partial charge in [0, 0.05) is 13.2 Å². The van der Waals surface area contributed by atoms with E-state index in [1.54, 1.807) is 36.4 Å². The largest absolute Gasteiger partial charge is 0.508 e. The van der Waals surface area contributed by atoms with Gasteiger partial charge in [-0.1, -0.05) is 24.3 Å². The van der Waals surface area contributed by atoms with E-state index in [1.807, 2.05) is 0 Å². The minimum absolute atomic E-state index is 0.00441. The van der Waals surface area contributed by atoms with E-state index in [0.717, 1.165) is 12.8 Å². The number of phenols is 1. The highest BCUT2D eigenvalue weighted by molar-refractivity contribution is 7.09. The number of carbonyl (C=O) groups excluding carboxylic acids is 3. The third-order valence-corrected chi connectivity index (χ3v) is 6.81. The fourth-order valence-corrected chi connectivity index (χ4v) is 4.87. The molecular formula is C25H27N5O6S. The molecule has 194 valence electrons. The number of methoxy groups -OCH3 is 1. The van der Waals surface area contributed by atoms with Gasteiger partial charge in [0.05, 0.1) is 24.6 Å². The van der Waals surface area contributed by atoms with Gasteiger partial charge in [0.25, 0.3) is 11.8 Å². The standard InChI is InChI=1S/C25H27N5O6S/c1-35-18-7-3-2-6-17(18)30(25(34)22-19(26)20(23(27)32)29-37-22)21(14-8-10-15(31)11-9-14)24(33)28-13-16-5-4-12-36-16/h2-3,6-11,16,21,31H,4-5,12-13,26H2,1H3,(H2,27,32)(H,28,33)/t16-,21+/m0/s1. The number of aromatic nitrogens is 1. The molecule has 1 fully saturated rings. The first-order valence-electron chi connectivity index (χ1n) is 11.5. The molecule has 2 atom stereocenters. The Hall–Kier alpha value is -4.16. The average molecular weight is 526 g/mol. The fourth-order valence-electron chi connectivity index (χ4n) is 4.12. The number of para-hydroxylation sites is 2. The molecule has 0 aliphatic carbocycles. The van der Waals surface area contributed by atoms with E-state index in [9.17, 15) is 19.5 Å². The minimum atomic E-state index is -1.20. The van der Waals surface area contributed by atoms with Crippen LogP contribution in [0.2, 0.25) is 0 Å². The zero-order chi connectivity index (χ0) is 26.5. The van der Waals surface area contributed by atoms with E-state index in [1.165, 1.54) is 24.1 Å². The number of amides is 3. The van der Waals surface area contributed by atoms with Crippen LogP contribution in [-0.4, -0.2) is 53.6 Å². The second-order valence-corrected chi connectivity index (χ2v) is 9.13. The van der Waals surface area contributed by atoms with Crippen LogP contribution in [0.4, 0.5) is 11.4 Å². The number of nitrogens with zero attached hydrogens (tertiary/aromatic N) is 2. The summed E-state index contributed by atoms with van der Waals surface area (Å²) in [6.07, 6.45) is 1.59.